The van der Waals surface area contributed by atoms with Gasteiger partial charge in [-0.15, -0.1) is 11.8 Å². The van der Waals surface area contributed by atoms with Crippen molar-refractivity contribution < 1.29 is 9.59 Å². The topological polar surface area (TPSA) is 62.3 Å². The van der Waals surface area contributed by atoms with Crippen molar-refractivity contribution in [2.24, 2.45) is 0 Å². The first-order chi connectivity index (χ1) is 11.1. The van der Waals surface area contributed by atoms with Gasteiger partial charge in [0, 0.05) is 16.1 Å². The zero-order chi connectivity index (χ0) is 16.2. The van der Waals surface area contributed by atoms with Gasteiger partial charge in [-0.1, -0.05) is 23.7 Å². The van der Waals surface area contributed by atoms with Gasteiger partial charge in [-0.3, -0.25) is 14.6 Å². The van der Waals surface area contributed by atoms with Crippen molar-refractivity contribution in [2.45, 2.75) is 11.4 Å². The Morgan fingerprint density at radius 1 is 1.35 bits per heavy atom. The Hall–Kier alpha value is -2.05. The first kappa shape index (κ1) is 15.8. The Bertz CT molecular complexity index is 754. The maximum atomic E-state index is 12.2. The van der Waals surface area contributed by atoms with E-state index in [1.165, 1.54) is 16.7 Å². The fourth-order valence-corrected chi connectivity index (χ4v) is 3.38. The van der Waals surface area contributed by atoms with E-state index in [2.05, 4.69) is 10.3 Å². The van der Waals surface area contributed by atoms with Crippen LogP contribution in [0.5, 0.6) is 0 Å². The third kappa shape index (κ3) is 3.83. The van der Waals surface area contributed by atoms with Gasteiger partial charge >= 0.3 is 0 Å². The molecule has 3 rings (SSSR count). The van der Waals surface area contributed by atoms with Gasteiger partial charge in [0.15, 0.2) is 0 Å². The fraction of sp³-hybridized carbons (Fsp3) is 0.188. The second-order valence-corrected chi connectivity index (χ2v) is 6.43. The van der Waals surface area contributed by atoms with Gasteiger partial charge in [0.25, 0.3) is 0 Å². The second kappa shape index (κ2) is 7.02. The lowest BCUT2D eigenvalue weighted by molar-refractivity contribution is -0.123. The first-order valence-electron chi connectivity index (χ1n) is 7.03. The molecular weight excluding hydrogens is 334 g/mol. The van der Waals surface area contributed by atoms with Crippen LogP contribution in [0, 0.1) is 0 Å². The molecule has 0 aliphatic carbocycles. The molecule has 1 N–H and O–H groups in total. The summed E-state index contributed by atoms with van der Waals surface area (Å²) in [6.45, 7) is 0.273. The van der Waals surface area contributed by atoms with E-state index in [9.17, 15) is 9.59 Å². The molecule has 118 valence electrons. The minimum atomic E-state index is -0.234. The highest BCUT2D eigenvalue weighted by Crippen LogP contribution is 2.34. The van der Waals surface area contributed by atoms with Crippen LogP contribution in [0.4, 0.5) is 5.69 Å². The van der Waals surface area contributed by atoms with Crippen LogP contribution in [0.1, 0.15) is 5.69 Å². The van der Waals surface area contributed by atoms with Gasteiger partial charge in [-0.2, -0.15) is 0 Å². The number of anilines is 1. The number of nitrogens with zero attached hydrogens (tertiary/aromatic N) is 2. The Morgan fingerprint density at radius 2 is 2.17 bits per heavy atom. The number of thioether (sulfide) groups is 1. The van der Waals surface area contributed by atoms with Crippen LogP contribution in [-0.4, -0.2) is 29.1 Å². The summed E-state index contributed by atoms with van der Waals surface area (Å²) in [7, 11) is 0. The highest BCUT2D eigenvalue weighted by atomic mass is 35.5. The van der Waals surface area contributed by atoms with Gasteiger partial charge in [-0.25, -0.2) is 0 Å². The zero-order valence-corrected chi connectivity index (χ0v) is 13.7. The summed E-state index contributed by atoms with van der Waals surface area (Å²) in [4.78, 5) is 30.9. The number of carbonyl (C=O) groups is 2. The van der Waals surface area contributed by atoms with Crippen LogP contribution in [0.25, 0.3) is 0 Å². The molecule has 7 heteroatoms. The van der Waals surface area contributed by atoms with E-state index in [1.54, 1.807) is 18.3 Å². The number of aromatic nitrogens is 1. The summed E-state index contributed by atoms with van der Waals surface area (Å²) in [5.41, 5.74) is 1.46. The molecule has 23 heavy (non-hydrogen) atoms. The van der Waals surface area contributed by atoms with Crippen molar-refractivity contribution >= 4 is 40.9 Å². The number of fused-ring (bicyclic) bond motifs is 1. The molecule has 2 amide bonds. The minimum Gasteiger partial charge on any atom is -0.349 e. The van der Waals surface area contributed by atoms with Crippen LogP contribution in [0.15, 0.2) is 47.5 Å². The number of carbonyl (C=O) groups excluding carboxylic acids is 2. The number of para-hydroxylation sites is 1. The SMILES string of the molecule is O=C(CN1C(=O)CSc2ccccc21)NCc1cc(Cl)ccn1. The molecule has 0 saturated carbocycles. The smallest absolute Gasteiger partial charge is 0.240 e. The van der Waals surface area contributed by atoms with Gasteiger partial charge in [0.05, 0.1) is 23.7 Å². The lowest BCUT2D eigenvalue weighted by Crippen LogP contribution is -2.43. The van der Waals surface area contributed by atoms with E-state index < -0.39 is 0 Å². The van der Waals surface area contributed by atoms with Gasteiger partial charge in [0.2, 0.25) is 11.8 Å². The number of halogens is 1. The fourth-order valence-electron chi connectivity index (χ4n) is 2.26. The lowest BCUT2D eigenvalue weighted by atomic mass is 10.2. The van der Waals surface area contributed by atoms with Crippen LogP contribution in [0.2, 0.25) is 5.02 Å². The number of pyridine rings is 1. The number of benzene rings is 1. The van der Waals surface area contributed by atoms with Crippen molar-refractivity contribution in [1.29, 1.82) is 0 Å². The Morgan fingerprint density at radius 3 is 3.00 bits per heavy atom. The van der Waals surface area contributed by atoms with E-state index in [0.717, 1.165) is 10.6 Å². The predicted molar refractivity (Wildman–Crippen MR) is 90.6 cm³/mol. The highest BCUT2D eigenvalue weighted by Gasteiger charge is 2.26. The molecule has 0 saturated heterocycles. The Kier molecular flexibility index (Phi) is 4.83. The molecule has 0 bridgehead atoms. The van der Waals surface area contributed by atoms with Crippen LogP contribution in [0.3, 0.4) is 0 Å². The summed E-state index contributed by atoms with van der Waals surface area (Å²) >= 11 is 7.38. The normalized spacial score (nSPS) is 13.6. The minimum absolute atomic E-state index is 0.00300. The molecule has 5 nitrogen and oxygen atoms in total. The highest BCUT2D eigenvalue weighted by molar-refractivity contribution is 8.00. The van der Waals surface area contributed by atoms with Gasteiger partial charge in [0.1, 0.15) is 6.54 Å². The number of hydrogen-bond acceptors (Lipinski definition) is 4. The molecule has 1 aliphatic rings. The molecule has 0 radical (unpaired) electrons. The second-order valence-electron chi connectivity index (χ2n) is 4.98. The van der Waals surface area contributed by atoms with Crippen molar-refractivity contribution in [3.8, 4) is 0 Å². The van der Waals surface area contributed by atoms with E-state index in [0.29, 0.717) is 16.5 Å². The molecule has 0 fully saturated rings. The Balaban J connectivity index is 1.65. The summed E-state index contributed by atoms with van der Waals surface area (Å²) in [5.74, 6) is 0.0479. The van der Waals surface area contributed by atoms with Gasteiger partial charge in [-0.05, 0) is 24.3 Å². The van der Waals surface area contributed by atoms with E-state index in [-0.39, 0.29) is 24.9 Å². The summed E-state index contributed by atoms with van der Waals surface area (Å²) in [6.07, 6.45) is 1.59. The van der Waals surface area contributed by atoms with Gasteiger partial charge < -0.3 is 10.2 Å². The predicted octanol–water partition coefficient (Wildman–Crippen LogP) is 2.49. The third-order valence-electron chi connectivity index (χ3n) is 3.36. The monoisotopic (exact) mass is 347 g/mol. The van der Waals surface area contributed by atoms with Crippen molar-refractivity contribution in [1.82, 2.24) is 10.3 Å². The average Bonchev–Trinajstić information content (AvgIpc) is 2.56. The summed E-state index contributed by atoms with van der Waals surface area (Å²) in [5, 5.41) is 3.33. The molecule has 1 aromatic carbocycles. The number of rotatable bonds is 4. The van der Waals surface area contributed by atoms with Crippen LogP contribution < -0.4 is 10.2 Å². The molecule has 0 unspecified atom stereocenters. The maximum Gasteiger partial charge on any atom is 0.240 e. The number of nitrogens with one attached hydrogen (secondary N) is 1. The zero-order valence-electron chi connectivity index (χ0n) is 12.2. The average molecular weight is 348 g/mol. The van der Waals surface area contributed by atoms with Crippen molar-refractivity contribution in [2.75, 3.05) is 17.2 Å². The summed E-state index contributed by atoms with van der Waals surface area (Å²) in [6, 6.07) is 11.0. The van der Waals surface area contributed by atoms with Crippen LogP contribution in [-0.2, 0) is 16.1 Å². The van der Waals surface area contributed by atoms with E-state index in [4.69, 9.17) is 11.6 Å². The first-order valence-corrected chi connectivity index (χ1v) is 8.39. The number of hydrogen-bond donors (Lipinski definition) is 1. The molecule has 2 aromatic rings. The molecule has 0 atom stereocenters. The largest absolute Gasteiger partial charge is 0.349 e. The molecule has 0 spiro atoms. The quantitative estimate of drug-likeness (QED) is 0.923. The van der Waals surface area contributed by atoms with Crippen LogP contribution >= 0.6 is 23.4 Å². The van der Waals surface area contributed by atoms with Crippen molar-refractivity contribution in [3.63, 3.8) is 0 Å². The molecule has 1 aromatic heterocycles. The standard InChI is InChI=1S/C16H14ClN3O2S/c17-11-5-6-18-12(7-11)8-19-15(21)9-20-13-3-1-2-4-14(13)23-10-16(20)22/h1-7H,8-10H2,(H,19,21). The third-order valence-corrected chi connectivity index (χ3v) is 4.64. The maximum absolute atomic E-state index is 12.2. The van der Waals surface area contributed by atoms with Crippen molar-refractivity contribution in [3.05, 3.63) is 53.3 Å². The number of amides is 2. The van der Waals surface area contributed by atoms with E-state index >= 15 is 0 Å². The molecular formula is C16H14ClN3O2S. The molecule has 2 heterocycles. The Labute approximate surface area is 143 Å². The molecule has 1 aliphatic heterocycles. The van der Waals surface area contributed by atoms with E-state index in [1.807, 2.05) is 24.3 Å². The summed E-state index contributed by atoms with van der Waals surface area (Å²) < 4.78 is 0. The lowest BCUT2D eigenvalue weighted by Gasteiger charge is -2.28.